The van der Waals surface area contributed by atoms with Crippen LogP contribution in [0.5, 0.6) is 0 Å². The highest BCUT2D eigenvalue weighted by Crippen LogP contribution is 2.26. The van der Waals surface area contributed by atoms with Crippen molar-refractivity contribution in [1.29, 1.82) is 0 Å². The van der Waals surface area contributed by atoms with E-state index in [1.54, 1.807) is 0 Å². The number of urea groups is 1. The molecule has 2 N–H and O–H groups in total. The van der Waals surface area contributed by atoms with E-state index in [1.807, 2.05) is 11.8 Å². The van der Waals surface area contributed by atoms with Gasteiger partial charge in [-0.25, -0.2) is 14.3 Å². The molecule has 8 nitrogen and oxygen atoms in total. The molecule has 1 fully saturated rings. The molecule has 0 radical (unpaired) electrons. The average Bonchev–Trinajstić information content (AvgIpc) is 2.86. The molecule has 0 unspecified atom stereocenters. The molecule has 2 rings (SSSR count). The summed E-state index contributed by atoms with van der Waals surface area (Å²) in [7, 11) is 0. The Morgan fingerprint density at radius 2 is 2.29 bits per heavy atom. The molecule has 0 saturated heterocycles. The van der Waals surface area contributed by atoms with Crippen LogP contribution in [-0.2, 0) is 6.54 Å². The predicted molar refractivity (Wildman–Crippen MR) is 75.0 cm³/mol. The van der Waals surface area contributed by atoms with Crippen LogP contribution in [0.2, 0.25) is 0 Å². The Hall–Kier alpha value is -2.12. The second-order valence-electron chi connectivity index (χ2n) is 5.24. The van der Waals surface area contributed by atoms with Crippen molar-refractivity contribution < 1.29 is 14.7 Å². The monoisotopic (exact) mass is 295 g/mol. The zero-order valence-electron chi connectivity index (χ0n) is 12.2. The fourth-order valence-corrected chi connectivity index (χ4v) is 2.24. The molecule has 8 heteroatoms. The summed E-state index contributed by atoms with van der Waals surface area (Å²) in [6.45, 7) is 4.26. The molecule has 116 valence electrons. The summed E-state index contributed by atoms with van der Waals surface area (Å²) in [6, 6.07) is -0.0806. The first-order valence-electron chi connectivity index (χ1n) is 7.26. The van der Waals surface area contributed by atoms with E-state index in [4.69, 9.17) is 5.11 Å². The first-order chi connectivity index (χ1) is 10.1. The summed E-state index contributed by atoms with van der Waals surface area (Å²) in [6.07, 6.45) is 5.03. The van der Waals surface area contributed by atoms with Crippen LogP contribution in [-0.4, -0.2) is 56.6 Å². The van der Waals surface area contributed by atoms with Gasteiger partial charge in [0.25, 0.3) is 0 Å². The van der Waals surface area contributed by atoms with Gasteiger partial charge in [-0.1, -0.05) is 11.6 Å². The predicted octanol–water partition coefficient (Wildman–Crippen LogP) is 0.808. The summed E-state index contributed by atoms with van der Waals surface area (Å²) >= 11 is 0. The first-order valence-corrected chi connectivity index (χ1v) is 7.26. The molecule has 0 aromatic carbocycles. The standard InChI is InChI=1S/C13H21N5O3/c1-2-17(8-10-4-3-5-10)13(21)14-6-7-18-9-11(12(19)20)15-16-18/h9-10H,2-8H2,1H3,(H,14,21)(H,19,20). The molecule has 2 amide bonds. The molecule has 0 spiro atoms. The molecular formula is C13H21N5O3. The molecule has 1 saturated carbocycles. The number of aromatic nitrogens is 3. The molecule has 1 aliphatic carbocycles. The van der Waals surface area contributed by atoms with Gasteiger partial charge in [0.1, 0.15) is 0 Å². The Morgan fingerprint density at radius 3 is 2.81 bits per heavy atom. The lowest BCUT2D eigenvalue weighted by Gasteiger charge is -2.31. The normalized spacial score (nSPS) is 14.5. The Morgan fingerprint density at radius 1 is 1.52 bits per heavy atom. The van der Waals surface area contributed by atoms with Crippen molar-refractivity contribution in [2.75, 3.05) is 19.6 Å². The third kappa shape index (κ3) is 4.17. The number of hydrogen-bond donors (Lipinski definition) is 2. The van der Waals surface area contributed by atoms with Gasteiger partial charge in [-0.05, 0) is 25.7 Å². The molecule has 1 aromatic heterocycles. The number of carboxylic acids is 1. The van der Waals surface area contributed by atoms with E-state index >= 15 is 0 Å². The second-order valence-corrected chi connectivity index (χ2v) is 5.24. The third-order valence-corrected chi connectivity index (χ3v) is 3.75. The lowest BCUT2D eigenvalue weighted by atomic mass is 9.85. The minimum absolute atomic E-state index is 0.0806. The van der Waals surface area contributed by atoms with Crippen LogP contribution in [0.25, 0.3) is 0 Å². The van der Waals surface area contributed by atoms with Crippen molar-refractivity contribution in [3.05, 3.63) is 11.9 Å². The summed E-state index contributed by atoms with van der Waals surface area (Å²) in [5.41, 5.74) is -0.0958. The van der Waals surface area contributed by atoms with E-state index in [-0.39, 0.29) is 11.7 Å². The Bertz CT molecular complexity index is 498. The van der Waals surface area contributed by atoms with Crippen LogP contribution >= 0.6 is 0 Å². The number of nitrogens with one attached hydrogen (secondary N) is 1. The molecule has 1 heterocycles. The van der Waals surface area contributed by atoms with Gasteiger partial charge in [0.05, 0.1) is 12.7 Å². The van der Waals surface area contributed by atoms with Crippen molar-refractivity contribution in [2.45, 2.75) is 32.7 Å². The maximum atomic E-state index is 12.0. The smallest absolute Gasteiger partial charge is 0.358 e. The van der Waals surface area contributed by atoms with Crippen LogP contribution < -0.4 is 5.32 Å². The molecule has 21 heavy (non-hydrogen) atoms. The number of amides is 2. The maximum Gasteiger partial charge on any atom is 0.358 e. The summed E-state index contributed by atoms with van der Waals surface area (Å²) < 4.78 is 1.41. The van der Waals surface area contributed by atoms with Gasteiger partial charge < -0.3 is 15.3 Å². The minimum atomic E-state index is -1.11. The molecule has 0 atom stereocenters. The van der Waals surface area contributed by atoms with Gasteiger partial charge in [-0.15, -0.1) is 5.10 Å². The highest BCUT2D eigenvalue weighted by molar-refractivity contribution is 5.84. The fraction of sp³-hybridized carbons (Fsp3) is 0.692. The van der Waals surface area contributed by atoms with Gasteiger partial charge in [0.15, 0.2) is 5.69 Å². The summed E-state index contributed by atoms with van der Waals surface area (Å²) in [5.74, 6) is -0.466. The fourth-order valence-electron chi connectivity index (χ4n) is 2.24. The van der Waals surface area contributed by atoms with Gasteiger partial charge in [-0.3, -0.25) is 0 Å². The van der Waals surface area contributed by atoms with Crippen LogP contribution in [0, 0.1) is 5.92 Å². The van der Waals surface area contributed by atoms with Gasteiger partial charge in [0.2, 0.25) is 0 Å². The van der Waals surface area contributed by atoms with Crippen LogP contribution in [0.15, 0.2) is 6.20 Å². The van der Waals surface area contributed by atoms with E-state index in [1.165, 1.54) is 30.1 Å². The van der Waals surface area contributed by atoms with Gasteiger partial charge in [-0.2, -0.15) is 0 Å². The third-order valence-electron chi connectivity index (χ3n) is 3.75. The number of carbonyl (C=O) groups is 2. The highest BCUT2D eigenvalue weighted by Gasteiger charge is 2.22. The zero-order valence-corrected chi connectivity index (χ0v) is 12.2. The molecule has 1 aliphatic rings. The number of carbonyl (C=O) groups excluding carboxylic acids is 1. The van der Waals surface area contributed by atoms with Gasteiger partial charge >= 0.3 is 12.0 Å². The van der Waals surface area contributed by atoms with Crippen molar-refractivity contribution in [3.8, 4) is 0 Å². The number of rotatable bonds is 7. The first kappa shape index (κ1) is 15.3. The van der Waals surface area contributed by atoms with Crippen molar-refractivity contribution in [3.63, 3.8) is 0 Å². The second kappa shape index (κ2) is 7.05. The van der Waals surface area contributed by atoms with Gasteiger partial charge in [0, 0.05) is 19.6 Å². The Balaban J connectivity index is 1.72. The van der Waals surface area contributed by atoms with Crippen LogP contribution in [0.3, 0.4) is 0 Å². The van der Waals surface area contributed by atoms with E-state index in [0.717, 1.165) is 6.54 Å². The van der Waals surface area contributed by atoms with E-state index in [0.29, 0.717) is 25.6 Å². The van der Waals surface area contributed by atoms with Crippen LogP contribution in [0.1, 0.15) is 36.7 Å². The molecule has 0 aliphatic heterocycles. The number of carboxylic acid groups (broad SMARTS) is 1. The zero-order chi connectivity index (χ0) is 15.2. The molecular weight excluding hydrogens is 274 g/mol. The number of nitrogens with zero attached hydrogens (tertiary/aromatic N) is 4. The lowest BCUT2D eigenvalue weighted by Crippen LogP contribution is -2.44. The van der Waals surface area contributed by atoms with E-state index in [9.17, 15) is 9.59 Å². The van der Waals surface area contributed by atoms with E-state index in [2.05, 4.69) is 15.6 Å². The Kier molecular flexibility index (Phi) is 5.13. The average molecular weight is 295 g/mol. The van der Waals surface area contributed by atoms with Crippen molar-refractivity contribution in [2.24, 2.45) is 5.92 Å². The van der Waals surface area contributed by atoms with Crippen molar-refractivity contribution >= 4 is 12.0 Å². The largest absolute Gasteiger partial charge is 0.476 e. The highest BCUT2D eigenvalue weighted by atomic mass is 16.4. The number of hydrogen-bond acceptors (Lipinski definition) is 4. The quantitative estimate of drug-likeness (QED) is 0.775. The Labute approximate surface area is 123 Å². The minimum Gasteiger partial charge on any atom is -0.476 e. The van der Waals surface area contributed by atoms with Crippen molar-refractivity contribution in [1.82, 2.24) is 25.2 Å². The number of aromatic carboxylic acids is 1. The van der Waals surface area contributed by atoms with E-state index < -0.39 is 5.97 Å². The summed E-state index contributed by atoms with van der Waals surface area (Å²) in [4.78, 5) is 24.5. The lowest BCUT2D eigenvalue weighted by molar-refractivity contribution is 0.0690. The molecule has 0 bridgehead atoms. The molecule has 1 aromatic rings. The SMILES string of the molecule is CCN(CC1CCC1)C(=O)NCCn1cc(C(=O)O)nn1. The summed E-state index contributed by atoms with van der Waals surface area (Å²) in [5, 5.41) is 18.8. The maximum absolute atomic E-state index is 12.0. The van der Waals surface area contributed by atoms with Crippen LogP contribution in [0.4, 0.5) is 4.79 Å². The topological polar surface area (TPSA) is 100 Å².